The minimum atomic E-state index is -0.00426. The van der Waals surface area contributed by atoms with E-state index in [1.54, 1.807) is 17.6 Å². The quantitative estimate of drug-likeness (QED) is 0.732. The lowest BCUT2D eigenvalue weighted by molar-refractivity contribution is 0.0707. The summed E-state index contributed by atoms with van der Waals surface area (Å²) in [5.41, 5.74) is 2.37. The highest BCUT2D eigenvalue weighted by Crippen LogP contribution is 2.31. The summed E-state index contributed by atoms with van der Waals surface area (Å²) in [4.78, 5) is 31.0. The zero-order valence-corrected chi connectivity index (χ0v) is 14.7. The molecule has 0 spiro atoms. The maximum Gasteiger partial charge on any atom is 0.254 e. The first-order valence-electron chi connectivity index (χ1n) is 8.31. The topological polar surface area (TPSA) is 79.0 Å². The van der Waals surface area contributed by atoms with Crippen LogP contribution in [0.25, 0.3) is 11.0 Å². The van der Waals surface area contributed by atoms with E-state index in [1.165, 1.54) is 18.3 Å². The number of pyridine rings is 1. The Morgan fingerprint density at radius 1 is 1.40 bits per heavy atom. The van der Waals surface area contributed by atoms with Crippen molar-refractivity contribution in [3.8, 4) is 0 Å². The van der Waals surface area contributed by atoms with Gasteiger partial charge in [-0.25, -0.2) is 4.98 Å². The molecule has 4 heterocycles. The van der Waals surface area contributed by atoms with Gasteiger partial charge in [0, 0.05) is 41.7 Å². The van der Waals surface area contributed by atoms with Crippen molar-refractivity contribution in [1.82, 2.24) is 20.1 Å². The number of nitrogens with zero attached hydrogens (tertiary/aromatic N) is 3. The van der Waals surface area contributed by atoms with Crippen LogP contribution in [0, 0.1) is 0 Å². The van der Waals surface area contributed by atoms with Gasteiger partial charge in [0.1, 0.15) is 0 Å². The molecule has 0 aromatic carbocycles. The minimum absolute atomic E-state index is 0.00278. The summed E-state index contributed by atoms with van der Waals surface area (Å²) in [6.45, 7) is 2.91. The lowest BCUT2D eigenvalue weighted by atomic mass is 9.93. The van der Waals surface area contributed by atoms with Crippen LogP contribution in [0.1, 0.15) is 51.4 Å². The molecule has 0 bridgehead atoms. The lowest BCUT2D eigenvalue weighted by Gasteiger charge is -2.32. The standard InChI is InChI=1S/C18H18N4O2S/c1-11(23)15-8-13(10-25-15)18(24)22-7-3-4-12(9-22)16-14-5-2-6-19-17(14)21-20-16/h2,5-6,8,10,12H,3-4,7,9H2,1H3,(H,19,20,21)/t12-/m0/s1. The number of carbonyl (C=O) groups excluding carboxylic acids is 2. The molecule has 6 nitrogen and oxygen atoms in total. The van der Waals surface area contributed by atoms with E-state index in [0.29, 0.717) is 22.6 Å². The number of Topliss-reactive ketones (excluding diaryl/α,β-unsaturated/α-hetero) is 1. The molecular weight excluding hydrogens is 336 g/mol. The van der Waals surface area contributed by atoms with Gasteiger partial charge in [0.05, 0.1) is 10.4 Å². The molecule has 1 N–H and O–H groups in total. The number of fused-ring (bicyclic) bond motifs is 1. The molecule has 0 saturated carbocycles. The average Bonchev–Trinajstić information content (AvgIpc) is 3.28. The van der Waals surface area contributed by atoms with Gasteiger partial charge < -0.3 is 4.90 Å². The first-order chi connectivity index (χ1) is 12.1. The molecule has 0 radical (unpaired) electrons. The summed E-state index contributed by atoms with van der Waals surface area (Å²) in [7, 11) is 0. The predicted octanol–water partition coefficient (Wildman–Crippen LogP) is 3.24. The number of nitrogens with one attached hydrogen (secondary N) is 1. The summed E-state index contributed by atoms with van der Waals surface area (Å²) in [6.07, 6.45) is 3.69. The fourth-order valence-corrected chi connectivity index (χ4v) is 4.18. The summed E-state index contributed by atoms with van der Waals surface area (Å²) in [5.74, 6) is 0.213. The Hall–Kier alpha value is -2.54. The second kappa shape index (κ2) is 6.40. The van der Waals surface area contributed by atoms with E-state index in [0.717, 1.165) is 30.5 Å². The van der Waals surface area contributed by atoms with E-state index < -0.39 is 0 Å². The van der Waals surface area contributed by atoms with Crippen molar-refractivity contribution in [1.29, 1.82) is 0 Å². The molecule has 1 saturated heterocycles. The Labute approximate surface area is 148 Å². The Bertz CT molecular complexity index is 945. The van der Waals surface area contributed by atoms with Crippen LogP contribution in [-0.2, 0) is 0 Å². The molecule has 0 unspecified atom stereocenters. The Morgan fingerprint density at radius 2 is 2.28 bits per heavy atom. The number of aromatic nitrogens is 3. The number of H-pyrrole nitrogens is 1. The third-order valence-corrected chi connectivity index (χ3v) is 5.70. The van der Waals surface area contributed by atoms with Gasteiger partial charge in [-0.15, -0.1) is 11.3 Å². The van der Waals surface area contributed by atoms with Crippen molar-refractivity contribution >= 4 is 34.1 Å². The number of ketones is 1. The maximum absolute atomic E-state index is 12.8. The smallest absolute Gasteiger partial charge is 0.254 e. The molecule has 1 fully saturated rings. The van der Waals surface area contributed by atoms with Gasteiger partial charge in [-0.3, -0.25) is 14.7 Å². The van der Waals surface area contributed by atoms with E-state index in [9.17, 15) is 9.59 Å². The summed E-state index contributed by atoms with van der Waals surface area (Å²) < 4.78 is 0. The molecule has 3 aromatic heterocycles. The van der Waals surface area contributed by atoms with Crippen LogP contribution in [0.2, 0.25) is 0 Å². The zero-order valence-electron chi connectivity index (χ0n) is 13.9. The van der Waals surface area contributed by atoms with Crippen LogP contribution in [0.4, 0.5) is 0 Å². The van der Waals surface area contributed by atoms with Crippen LogP contribution in [0.15, 0.2) is 29.8 Å². The van der Waals surface area contributed by atoms with Gasteiger partial charge in [-0.05, 0) is 38.0 Å². The highest BCUT2D eigenvalue weighted by atomic mass is 32.1. The number of aromatic amines is 1. The van der Waals surface area contributed by atoms with Crippen molar-refractivity contribution in [2.75, 3.05) is 13.1 Å². The van der Waals surface area contributed by atoms with Crippen LogP contribution in [0.3, 0.4) is 0 Å². The van der Waals surface area contributed by atoms with E-state index in [1.807, 2.05) is 17.0 Å². The molecule has 1 atom stereocenters. The van der Waals surface area contributed by atoms with Gasteiger partial charge in [0.15, 0.2) is 11.4 Å². The van der Waals surface area contributed by atoms with Crippen molar-refractivity contribution in [3.05, 3.63) is 45.9 Å². The Morgan fingerprint density at radius 3 is 3.08 bits per heavy atom. The fourth-order valence-electron chi connectivity index (χ4n) is 3.39. The molecule has 1 aliphatic heterocycles. The number of hydrogen-bond acceptors (Lipinski definition) is 5. The normalized spacial score (nSPS) is 17.8. The van der Waals surface area contributed by atoms with Gasteiger partial charge in [-0.2, -0.15) is 5.10 Å². The molecule has 3 aromatic rings. The molecule has 25 heavy (non-hydrogen) atoms. The first-order valence-corrected chi connectivity index (χ1v) is 9.19. The lowest BCUT2D eigenvalue weighted by Crippen LogP contribution is -2.39. The molecule has 0 aliphatic carbocycles. The zero-order chi connectivity index (χ0) is 17.4. The van der Waals surface area contributed by atoms with E-state index >= 15 is 0 Å². The molecule has 128 valence electrons. The third-order valence-electron chi connectivity index (χ3n) is 4.67. The fraction of sp³-hybridized carbons (Fsp3) is 0.333. The second-order valence-electron chi connectivity index (χ2n) is 6.36. The van der Waals surface area contributed by atoms with Gasteiger partial charge in [0.2, 0.25) is 0 Å². The molecule has 1 aliphatic rings. The Balaban J connectivity index is 1.56. The minimum Gasteiger partial charge on any atom is -0.338 e. The van der Waals surface area contributed by atoms with Gasteiger partial charge in [-0.1, -0.05) is 0 Å². The average molecular weight is 354 g/mol. The Kier molecular flexibility index (Phi) is 4.09. The highest BCUT2D eigenvalue weighted by Gasteiger charge is 2.28. The number of piperidine rings is 1. The first kappa shape index (κ1) is 16.0. The van der Waals surface area contributed by atoms with E-state index in [4.69, 9.17) is 0 Å². The molecular formula is C18H18N4O2S. The van der Waals surface area contributed by atoms with Crippen molar-refractivity contribution in [2.45, 2.75) is 25.7 Å². The number of rotatable bonds is 3. The number of hydrogen-bond donors (Lipinski definition) is 1. The predicted molar refractivity (Wildman–Crippen MR) is 96.1 cm³/mol. The second-order valence-corrected chi connectivity index (χ2v) is 7.27. The summed E-state index contributed by atoms with van der Waals surface area (Å²) in [6, 6.07) is 5.62. The van der Waals surface area contributed by atoms with Crippen LogP contribution in [0.5, 0.6) is 0 Å². The molecule has 7 heteroatoms. The number of carbonyl (C=O) groups is 2. The maximum atomic E-state index is 12.8. The van der Waals surface area contributed by atoms with Crippen LogP contribution < -0.4 is 0 Å². The number of likely N-dealkylation sites (tertiary alicyclic amines) is 1. The van der Waals surface area contributed by atoms with E-state index in [2.05, 4.69) is 15.2 Å². The number of amides is 1. The third kappa shape index (κ3) is 2.95. The van der Waals surface area contributed by atoms with Crippen LogP contribution in [-0.4, -0.2) is 44.9 Å². The van der Waals surface area contributed by atoms with E-state index in [-0.39, 0.29) is 17.6 Å². The van der Waals surface area contributed by atoms with Crippen molar-refractivity contribution in [2.24, 2.45) is 0 Å². The summed E-state index contributed by atoms with van der Waals surface area (Å²) in [5, 5.41) is 10.2. The van der Waals surface area contributed by atoms with Gasteiger partial charge in [0.25, 0.3) is 5.91 Å². The number of thiophene rings is 1. The van der Waals surface area contributed by atoms with Gasteiger partial charge >= 0.3 is 0 Å². The monoisotopic (exact) mass is 354 g/mol. The SMILES string of the molecule is CC(=O)c1cc(C(=O)N2CCC[C@H](c3[nH]nc4ncccc34)C2)cs1. The molecule has 1 amide bonds. The largest absolute Gasteiger partial charge is 0.338 e. The highest BCUT2D eigenvalue weighted by molar-refractivity contribution is 7.12. The molecule has 4 rings (SSSR count). The van der Waals surface area contributed by atoms with Crippen LogP contribution >= 0.6 is 11.3 Å². The van der Waals surface area contributed by atoms with Crippen molar-refractivity contribution < 1.29 is 9.59 Å². The van der Waals surface area contributed by atoms with Crippen molar-refractivity contribution in [3.63, 3.8) is 0 Å². The summed E-state index contributed by atoms with van der Waals surface area (Å²) >= 11 is 1.33.